The smallest absolute Gasteiger partial charge is 0.243 e. The highest BCUT2D eigenvalue weighted by Crippen LogP contribution is 2.23. The summed E-state index contributed by atoms with van der Waals surface area (Å²) in [6, 6.07) is 18.3. The van der Waals surface area contributed by atoms with Gasteiger partial charge >= 0.3 is 0 Å². The van der Waals surface area contributed by atoms with Gasteiger partial charge in [-0.25, -0.2) is 0 Å². The molecule has 182 valence electrons. The van der Waals surface area contributed by atoms with Crippen LogP contribution in [0.25, 0.3) is 0 Å². The minimum atomic E-state index is -0.638. The van der Waals surface area contributed by atoms with Crippen LogP contribution in [-0.4, -0.2) is 55.3 Å². The van der Waals surface area contributed by atoms with Crippen molar-refractivity contribution < 1.29 is 19.2 Å². The molecule has 4 amide bonds. The second-order valence-corrected chi connectivity index (χ2v) is 9.90. The second kappa shape index (κ2) is 16.6. The Balaban J connectivity index is 1.63. The Morgan fingerprint density at radius 2 is 1.53 bits per heavy atom. The molecule has 34 heavy (non-hydrogen) atoms. The van der Waals surface area contributed by atoms with Crippen LogP contribution in [0.15, 0.2) is 60.7 Å². The lowest BCUT2D eigenvalue weighted by molar-refractivity contribution is -0.124. The normalized spacial score (nSPS) is 12.1. The van der Waals surface area contributed by atoms with Crippen LogP contribution in [0.4, 0.5) is 0 Å². The minimum Gasteiger partial charge on any atom is -0.354 e. The molecular formula is C24H30N4O4S2. The molecule has 8 nitrogen and oxygen atoms in total. The maximum absolute atomic E-state index is 12.4. The Kier molecular flexibility index (Phi) is 13.3. The third-order valence-corrected chi connectivity index (χ3v) is 7.26. The highest BCUT2D eigenvalue weighted by Gasteiger charge is 2.17. The molecule has 2 unspecified atom stereocenters. The lowest BCUT2D eigenvalue weighted by Crippen LogP contribution is -2.45. The number of amides is 4. The van der Waals surface area contributed by atoms with Crippen molar-refractivity contribution >= 4 is 46.2 Å². The fourth-order valence-corrected chi connectivity index (χ4v) is 5.20. The van der Waals surface area contributed by atoms with Crippen molar-refractivity contribution in [1.29, 1.82) is 0 Å². The van der Waals surface area contributed by atoms with Gasteiger partial charge in [0.2, 0.25) is 24.6 Å². The van der Waals surface area contributed by atoms with E-state index in [1.54, 1.807) is 0 Å². The van der Waals surface area contributed by atoms with Gasteiger partial charge in [-0.05, 0) is 17.5 Å². The van der Waals surface area contributed by atoms with Crippen LogP contribution in [0.3, 0.4) is 0 Å². The molecule has 2 aromatic rings. The highest BCUT2D eigenvalue weighted by molar-refractivity contribution is 8.76. The summed E-state index contributed by atoms with van der Waals surface area (Å²) in [7, 11) is 2.89. The van der Waals surface area contributed by atoms with E-state index >= 15 is 0 Å². The Hall–Kier alpha value is -2.98. The summed E-state index contributed by atoms with van der Waals surface area (Å²) < 4.78 is 0. The molecule has 0 fully saturated rings. The first-order valence-corrected chi connectivity index (χ1v) is 13.4. The van der Waals surface area contributed by atoms with Crippen molar-refractivity contribution in [2.75, 3.05) is 24.6 Å². The van der Waals surface area contributed by atoms with Gasteiger partial charge in [0.15, 0.2) is 0 Å². The molecule has 0 saturated heterocycles. The van der Waals surface area contributed by atoms with E-state index in [0.717, 1.165) is 11.1 Å². The first-order valence-electron chi connectivity index (χ1n) is 10.9. The number of rotatable bonds is 17. The molecule has 2 rings (SSSR count). The second-order valence-electron chi connectivity index (χ2n) is 7.27. The van der Waals surface area contributed by atoms with Crippen molar-refractivity contribution in [1.82, 2.24) is 21.3 Å². The van der Waals surface area contributed by atoms with Gasteiger partial charge in [0.05, 0.1) is 6.04 Å². The average molecular weight is 503 g/mol. The lowest BCUT2D eigenvalue weighted by atomic mass is 10.1. The van der Waals surface area contributed by atoms with Crippen molar-refractivity contribution in [3.05, 3.63) is 71.8 Å². The number of carbonyl (C=O) groups is 4. The summed E-state index contributed by atoms with van der Waals surface area (Å²) in [6.45, 7) is 0.786. The van der Waals surface area contributed by atoms with E-state index in [1.165, 1.54) is 21.6 Å². The van der Waals surface area contributed by atoms with E-state index in [4.69, 9.17) is 0 Å². The fourth-order valence-electron chi connectivity index (χ4n) is 3.03. The fraction of sp³-hybridized carbons (Fsp3) is 0.333. The van der Waals surface area contributed by atoms with Crippen LogP contribution in [0.5, 0.6) is 0 Å². The van der Waals surface area contributed by atoms with Crippen LogP contribution in [0.2, 0.25) is 0 Å². The Labute approximate surface area is 207 Å². The van der Waals surface area contributed by atoms with Gasteiger partial charge in [-0.1, -0.05) is 82.3 Å². The molecule has 0 aliphatic rings. The maximum Gasteiger partial charge on any atom is 0.243 e. The first kappa shape index (κ1) is 27.3. The third kappa shape index (κ3) is 10.8. The highest BCUT2D eigenvalue weighted by atomic mass is 33.1. The largest absolute Gasteiger partial charge is 0.354 e. The molecule has 0 aliphatic heterocycles. The molecular weight excluding hydrogens is 472 g/mol. The van der Waals surface area contributed by atoms with Gasteiger partial charge in [-0.3, -0.25) is 19.2 Å². The molecule has 2 aromatic carbocycles. The predicted octanol–water partition coefficient (Wildman–Crippen LogP) is 1.83. The molecule has 0 heterocycles. The monoisotopic (exact) mass is 502 g/mol. The topological polar surface area (TPSA) is 116 Å². The molecule has 0 radical (unpaired) electrons. The summed E-state index contributed by atoms with van der Waals surface area (Å²) in [4.78, 5) is 46.3. The van der Waals surface area contributed by atoms with E-state index in [9.17, 15) is 19.2 Å². The number of hydrogen-bond donors (Lipinski definition) is 4. The molecule has 0 bridgehead atoms. The summed E-state index contributed by atoms with van der Waals surface area (Å²) in [5, 5.41) is 10.9. The van der Waals surface area contributed by atoms with Crippen LogP contribution in [0.1, 0.15) is 23.6 Å². The van der Waals surface area contributed by atoms with E-state index < -0.39 is 6.04 Å². The van der Waals surface area contributed by atoms with Gasteiger partial charge in [0.25, 0.3) is 0 Å². The quantitative estimate of drug-likeness (QED) is 0.149. The maximum atomic E-state index is 12.4. The molecule has 0 aromatic heterocycles. The Morgan fingerprint density at radius 1 is 0.853 bits per heavy atom. The number of benzene rings is 2. The van der Waals surface area contributed by atoms with E-state index in [1.807, 2.05) is 60.7 Å². The zero-order chi connectivity index (χ0) is 24.4. The summed E-state index contributed by atoms with van der Waals surface area (Å²) in [5.41, 5.74) is 2.04. The van der Waals surface area contributed by atoms with Gasteiger partial charge in [0.1, 0.15) is 6.04 Å². The van der Waals surface area contributed by atoms with Crippen LogP contribution < -0.4 is 21.3 Å². The lowest BCUT2D eigenvalue weighted by Gasteiger charge is -2.17. The molecule has 0 spiro atoms. The van der Waals surface area contributed by atoms with Crippen LogP contribution >= 0.6 is 21.6 Å². The van der Waals surface area contributed by atoms with Gasteiger partial charge < -0.3 is 21.3 Å². The number of nitrogens with one attached hydrogen (secondary N) is 4. The average Bonchev–Trinajstić information content (AvgIpc) is 2.86. The zero-order valence-electron chi connectivity index (χ0n) is 18.8. The molecule has 4 N–H and O–H groups in total. The van der Waals surface area contributed by atoms with Crippen molar-refractivity contribution in [3.8, 4) is 0 Å². The van der Waals surface area contributed by atoms with Gasteiger partial charge in [-0.15, -0.1) is 0 Å². The van der Waals surface area contributed by atoms with Crippen LogP contribution in [-0.2, 0) is 25.6 Å². The first-order chi connectivity index (χ1) is 16.6. The van der Waals surface area contributed by atoms with Gasteiger partial charge in [0, 0.05) is 31.0 Å². The van der Waals surface area contributed by atoms with Crippen molar-refractivity contribution in [2.45, 2.75) is 24.9 Å². The summed E-state index contributed by atoms with van der Waals surface area (Å²) >= 11 is 0. The number of hydrogen-bond acceptors (Lipinski definition) is 6. The Bertz CT molecular complexity index is 887. The van der Waals surface area contributed by atoms with E-state index in [0.29, 0.717) is 50.3 Å². The minimum absolute atomic E-state index is 0.122. The van der Waals surface area contributed by atoms with E-state index in [-0.39, 0.29) is 17.9 Å². The van der Waals surface area contributed by atoms with Crippen molar-refractivity contribution in [3.63, 3.8) is 0 Å². The summed E-state index contributed by atoms with van der Waals surface area (Å²) in [6.07, 6.45) is 2.16. The Morgan fingerprint density at radius 3 is 2.21 bits per heavy atom. The molecule has 0 aliphatic carbocycles. The van der Waals surface area contributed by atoms with Crippen LogP contribution in [0, 0.1) is 0 Å². The number of carbonyl (C=O) groups excluding carboxylic acids is 4. The molecule has 10 heteroatoms. The third-order valence-electron chi connectivity index (χ3n) is 4.85. The summed E-state index contributed by atoms with van der Waals surface area (Å²) in [5.74, 6) is 0.588. The molecule has 0 saturated carbocycles. The zero-order valence-corrected chi connectivity index (χ0v) is 20.4. The predicted molar refractivity (Wildman–Crippen MR) is 137 cm³/mol. The van der Waals surface area contributed by atoms with E-state index in [2.05, 4.69) is 21.3 Å². The van der Waals surface area contributed by atoms with Crippen molar-refractivity contribution in [2.24, 2.45) is 0 Å². The molecule has 2 atom stereocenters. The standard InChI is InChI=1S/C24H30N4O4S2/c29-17-27-21(20-9-5-2-6-10-20)15-26-23(31)12-14-33-34-16-22(28-18-30)24(32)25-13-11-19-7-3-1-4-8-19/h1-10,17-18,21-22H,11-16H2,(H,25,32)(H,26,31)(H,27,29)(H,28,30). The SMILES string of the molecule is O=CNC(CSSCCC(=O)NCC(NC=O)c1ccccc1)C(=O)NCCc1ccccc1. The van der Waals surface area contributed by atoms with Gasteiger partial charge in [-0.2, -0.15) is 0 Å².